The first-order chi connectivity index (χ1) is 12.0. The highest BCUT2D eigenvalue weighted by atomic mass is 32.2. The van der Waals surface area contributed by atoms with Crippen molar-refractivity contribution < 1.29 is 19.0 Å². The molecule has 1 fully saturated rings. The molecule has 4 nitrogen and oxygen atoms in total. The molecule has 2 aromatic carbocycles. The van der Waals surface area contributed by atoms with Crippen LogP contribution >= 0.6 is 24.0 Å². The topological polar surface area (TPSA) is 49.8 Å². The maximum absolute atomic E-state index is 13.1. The largest absolute Gasteiger partial charge is 0.504 e. The SMILES string of the molecule is CCOc1ccc(/C=C2/SC(=S)N(c3ccc(F)cc3)C2=O)cc1O. The summed E-state index contributed by atoms with van der Waals surface area (Å²) in [5.74, 6) is -0.271. The molecule has 0 spiro atoms. The van der Waals surface area contributed by atoms with E-state index in [2.05, 4.69) is 0 Å². The molecule has 0 aliphatic carbocycles. The van der Waals surface area contributed by atoms with Gasteiger partial charge in [0.2, 0.25) is 0 Å². The predicted molar refractivity (Wildman–Crippen MR) is 101 cm³/mol. The fraction of sp³-hybridized carbons (Fsp3) is 0.111. The summed E-state index contributed by atoms with van der Waals surface area (Å²) in [4.78, 5) is 14.4. The fourth-order valence-electron chi connectivity index (χ4n) is 2.33. The summed E-state index contributed by atoms with van der Waals surface area (Å²) in [5.41, 5.74) is 1.17. The smallest absolute Gasteiger partial charge is 0.270 e. The number of ether oxygens (including phenoxy) is 1. The van der Waals surface area contributed by atoms with E-state index in [0.29, 0.717) is 32.8 Å². The first kappa shape index (κ1) is 17.4. The van der Waals surface area contributed by atoms with Crippen LogP contribution in [0.1, 0.15) is 12.5 Å². The lowest BCUT2D eigenvalue weighted by atomic mass is 10.2. The van der Waals surface area contributed by atoms with Gasteiger partial charge >= 0.3 is 0 Å². The summed E-state index contributed by atoms with van der Waals surface area (Å²) in [6, 6.07) is 10.5. The van der Waals surface area contributed by atoms with Crippen molar-refractivity contribution in [2.24, 2.45) is 0 Å². The van der Waals surface area contributed by atoms with Crippen molar-refractivity contribution in [3.8, 4) is 11.5 Å². The third-order valence-corrected chi connectivity index (χ3v) is 4.76. The summed E-state index contributed by atoms with van der Waals surface area (Å²) in [6.45, 7) is 2.28. The van der Waals surface area contributed by atoms with Gasteiger partial charge in [0.1, 0.15) is 5.82 Å². The fourth-order valence-corrected chi connectivity index (χ4v) is 3.63. The second-order valence-electron chi connectivity index (χ2n) is 5.15. The molecule has 3 rings (SSSR count). The van der Waals surface area contributed by atoms with Crippen LogP contribution in [0.2, 0.25) is 0 Å². The summed E-state index contributed by atoms with van der Waals surface area (Å²) in [5, 5.41) is 9.95. The first-order valence-corrected chi connectivity index (χ1v) is 8.71. The minimum atomic E-state index is -0.380. The molecule has 128 valence electrons. The molecule has 1 N–H and O–H groups in total. The molecule has 1 amide bonds. The van der Waals surface area contributed by atoms with Crippen molar-refractivity contribution in [2.75, 3.05) is 11.5 Å². The van der Waals surface area contributed by atoms with E-state index in [4.69, 9.17) is 17.0 Å². The maximum atomic E-state index is 13.1. The van der Waals surface area contributed by atoms with Crippen LogP contribution in [-0.2, 0) is 4.79 Å². The second kappa shape index (κ2) is 7.25. The van der Waals surface area contributed by atoms with Crippen LogP contribution in [0, 0.1) is 5.82 Å². The van der Waals surface area contributed by atoms with Gasteiger partial charge in [-0.3, -0.25) is 9.69 Å². The van der Waals surface area contributed by atoms with Crippen molar-refractivity contribution in [3.05, 3.63) is 58.8 Å². The number of benzene rings is 2. The molecular formula is C18H14FNO3S2. The highest BCUT2D eigenvalue weighted by Gasteiger charge is 2.33. The van der Waals surface area contributed by atoms with E-state index in [1.807, 2.05) is 6.92 Å². The second-order valence-corrected chi connectivity index (χ2v) is 6.83. The van der Waals surface area contributed by atoms with Crippen LogP contribution in [0.3, 0.4) is 0 Å². The number of thioether (sulfide) groups is 1. The molecule has 0 saturated carbocycles. The van der Waals surface area contributed by atoms with Gasteiger partial charge in [-0.15, -0.1) is 0 Å². The van der Waals surface area contributed by atoms with Crippen LogP contribution in [0.4, 0.5) is 10.1 Å². The van der Waals surface area contributed by atoms with E-state index in [1.165, 1.54) is 35.2 Å². The number of hydrogen-bond donors (Lipinski definition) is 1. The van der Waals surface area contributed by atoms with Gasteiger partial charge in [-0.05, 0) is 55.0 Å². The molecular weight excluding hydrogens is 361 g/mol. The first-order valence-electron chi connectivity index (χ1n) is 7.49. The number of amides is 1. The van der Waals surface area contributed by atoms with Gasteiger partial charge in [0.15, 0.2) is 15.8 Å². The Bertz CT molecular complexity index is 865. The average molecular weight is 375 g/mol. The Morgan fingerprint density at radius 1 is 1.28 bits per heavy atom. The summed E-state index contributed by atoms with van der Waals surface area (Å²) in [7, 11) is 0. The van der Waals surface area contributed by atoms with Gasteiger partial charge in [-0.2, -0.15) is 0 Å². The number of carbonyl (C=O) groups is 1. The third kappa shape index (κ3) is 3.67. The zero-order valence-corrected chi connectivity index (χ0v) is 14.9. The van der Waals surface area contributed by atoms with Crippen molar-refractivity contribution in [1.82, 2.24) is 0 Å². The molecule has 1 saturated heterocycles. The van der Waals surface area contributed by atoms with Gasteiger partial charge in [-0.25, -0.2) is 4.39 Å². The van der Waals surface area contributed by atoms with Crippen molar-refractivity contribution >= 4 is 46.0 Å². The summed E-state index contributed by atoms with van der Waals surface area (Å²) in [6.07, 6.45) is 1.65. The number of thiocarbonyl (C=S) groups is 1. The predicted octanol–water partition coefficient (Wildman–Crippen LogP) is 4.34. The molecule has 7 heteroatoms. The van der Waals surface area contributed by atoms with Crippen LogP contribution in [0.25, 0.3) is 6.08 Å². The molecule has 0 aromatic heterocycles. The number of phenolic OH excluding ortho intramolecular Hbond substituents is 1. The molecule has 0 atom stereocenters. The number of phenols is 1. The Morgan fingerprint density at radius 2 is 2.00 bits per heavy atom. The summed E-state index contributed by atoms with van der Waals surface area (Å²) >= 11 is 6.43. The standard InChI is InChI=1S/C18H14FNO3S2/c1-2-23-15-8-3-11(9-14(15)21)10-16-17(22)20(18(24)25-16)13-6-4-12(19)5-7-13/h3-10,21H,2H2,1H3/b16-10+. The highest BCUT2D eigenvalue weighted by molar-refractivity contribution is 8.27. The highest BCUT2D eigenvalue weighted by Crippen LogP contribution is 2.37. The van der Waals surface area contributed by atoms with Crippen molar-refractivity contribution in [2.45, 2.75) is 6.92 Å². The van der Waals surface area contributed by atoms with E-state index in [9.17, 15) is 14.3 Å². The van der Waals surface area contributed by atoms with E-state index in [-0.39, 0.29) is 17.5 Å². The van der Waals surface area contributed by atoms with Gasteiger partial charge in [0.05, 0.1) is 17.2 Å². The van der Waals surface area contributed by atoms with E-state index < -0.39 is 0 Å². The van der Waals surface area contributed by atoms with Crippen LogP contribution in [0.5, 0.6) is 11.5 Å². The molecule has 0 bridgehead atoms. The zero-order chi connectivity index (χ0) is 18.0. The van der Waals surface area contributed by atoms with Gasteiger partial charge < -0.3 is 9.84 Å². The number of rotatable bonds is 4. The zero-order valence-electron chi connectivity index (χ0n) is 13.2. The lowest BCUT2D eigenvalue weighted by Crippen LogP contribution is -2.27. The van der Waals surface area contributed by atoms with Crippen LogP contribution in [0.15, 0.2) is 47.4 Å². The number of anilines is 1. The van der Waals surface area contributed by atoms with Crippen molar-refractivity contribution in [3.63, 3.8) is 0 Å². The molecule has 25 heavy (non-hydrogen) atoms. The number of halogens is 1. The minimum Gasteiger partial charge on any atom is -0.504 e. The number of nitrogens with zero attached hydrogens (tertiary/aromatic N) is 1. The molecule has 0 unspecified atom stereocenters. The number of aromatic hydroxyl groups is 1. The number of carbonyl (C=O) groups excluding carboxylic acids is 1. The minimum absolute atomic E-state index is 0.00427. The molecule has 1 heterocycles. The van der Waals surface area contributed by atoms with Crippen LogP contribution in [-0.4, -0.2) is 21.9 Å². The maximum Gasteiger partial charge on any atom is 0.270 e. The van der Waals surface area contributed by atoms with Crippen LogP contribution < -0.4 is 9.64 Å². The van der Waals surface area contributed by atoms with Gasteiger partial charge in [0, 0.05) is 0 Å². The van der Waals surface area contributed by atoms with E-state index in [1.54, 1.807) is 18.2 Å². The Morgan fingerprint density at radius 3 is 2.64 bits per heavy atom. The Kier molecular flexibility index (Phi) is 5.06. The quantitative estimate of drug-likeness (QED) is 0.636. The molecule has 2 aromatic rings. The summed E-state index contributed by atoms with van der Waals surface area (Å²) < 4.78 is 18.7. The molecule has 1 aliphatic rings. The normalized spacial score (nSPS) is 15.9. The third-order valence-electron chi connectivity index (χ3n) is 3.46. The van der Waals surface area contributed by atoms with E-state index in [0.717, 1.165) is 11.8 Å². The number of hydrogen-bond acceptors (Lipinski definition) is 5. The molecule has 1 aliphatic heterocycles. The molecule has 0 radical (unpaired) electrons. The lowest BCUT2D eigenvalue weighted by Gasteiger charge is -2.14. The Hall–Kier alpha value is -2.38. The van der Waals surface area contributed by atoms with Gasteiger partial charge in [0.25, 0.3) is 5.91 Å². The Labute approximate surface area is 153 Å². The van der Waals surface area contributed by atoms with Crippen molar-refractivity contribution in [1.29, 1.82) is 0 Å². The average Bonchev–Trinajstić information content (AvgIpc) is 2.85. The van der Waals surface area contributed by atoms with Gasteiger partial charge in [-0.1, -0.05) is 30.0 Å². The van der Waals surface area contributed by atoms with E-state index >= 15 is 0 Å². The monoisotopic (exact) mass is 375 g/mol. The lowest BCUT2D eigenvalue weighted by molar-refractivity contribution is -0.113. The Balaban J connectivity index is 1.87.